The highest BCUT2D eigenvalue weighted by Gasteiger charge is 2.18. The van der Waals surface area contributed by atoms with Crippen LogP contribution in [0.5, 0.6) is 0 Å². The highest BCUT2D eigenvalue weighted by atomic mass is 16.3. The maximum absolute atomic E-state index is 12.4. The Hall–Kier alpha value is -3.61. The van der Waals surface area contributed by atoms with E-state index in [1.165, 1.54) is 6.33 Å². The number of furan rings is 1. The van der Waals surface area contributed by atoms with E-state index in [9.17, 15) is 9.59 Å². The zero-order valence-electron chi connectivity index (χ0n) is 14.9. The first kappa shape index (κ1) is 16.8. The number of hydrogen-bond donors (Lipinski definition) is 3. The number of amides is 2. The van der Waals surface area contributed by atoms with E-state index in [0.29, 0.717) is 22.4 Å². The Morgan fingerprint density at radius 3 is 2.81 bits per heavy atom. The van der Waals surface area contributed by atoms with Crippen LogP contribution in [0.25, 0.3) is 21.9 Å². The van der Waals surface area contributed by atoms with Gasteiger partial charge in [0, 0.05) is 16.6 Å². The van der Waals surface area contributed by atoms with Gasteiger partial charge in [0.15, 0.2) is 0 Å². The number of aryl methyl sites for hydroxylation is 1. The lowest BCUT2D eigenvalue weighted by Crippen LogP contribution is -2.31. The minimum Gasteiger partial charge on any atom is -0.459 e. The summed E-state index contributed by atoms with van der Waals surface area (Å²) in [5.74, 6) is 0.713. The number of hydrogen-bond acceptors (Lipinski definition) is 4. The molecule has 0 bridgehead atoms. The lowest BCUT2D eigenvalue weighted by molar-refractivity contribution is 0.248. The van der Waals surface area contributed by atoms with Gasteiger partial charge in [0.25, 0.3) is 5.56 Å². The number of carbonyl (C=O) groups excluding carboxylic acids is 1. The monoisotopic (exact) mass is 362 g/mol. The second-order valence-electron chi connectivity index (χ2n) is 6.38. The number of para-hydroxylation sites is 1. The van der Waals surface area contributed by atoms with Crippen LogP contribution in [-0.4, -0.2) is 16.0 Å². The van der Waals surface area contributed by atoms with Gasteiger partial charge < -0.3 is 20.0 Å². The van der Waals surface area contributed by atoms with E-state index in [-0.39, 0.29) is 17.6 Å². The molecule has 0 spiro atoms. The zero-order valence-corrected chi connectivity index (χ0v) is 14.9. The smallest absolute Gasteiger partial charge is 0.319 e. The van der Waals surface area contributed by atoms with Crippen LogP contribution in [0.2, 0.25) is 0 Å². The molecule has 27 heavy (non-hydrogen) atoms. The largest absolute Gasteiger partial charge is 0.459 e. The molecular formula is C20H18N4O3. The molecule has 7 nitrogen and oxygen atoms in total. The molecule has 0 aliphatic rings. The third-order valence-corrected chi connectivity index (χ3v) is 4.53. The van der Waals surface area contributed by atoms with Crippen LogP contribution in [0.3, 0.4) is 0 Å². The molecule has 2 heterocycles. The summed E-state index contributed by atoms with van der Waals surface area (Å²) in [6.07, 6.45) is 1.35. The Bertz CT molecular complexity index is 1210. The number of H-pyrrole nitrogens is 1. The molecule has 0 saturated heterocycles. The zero-order chi connectivity index (χ0) is 19.0. The molecule has 2 aromatic heterocycles. The van der Waals surface area contributed by atoms with Gasteiger partial charge in [-0.05, 0) is 38.1 Å². The summed E-state index contributed by atoms with van der Waals surface area (Å²) in [4.78, 5) is 30.8. The lowest BCUT2D eigenvalue weighted by atomic mass is 10.1. The fourth-order valence-corrected chi connectivity index (χ4v) is 3.19. The van der Waals surface area contributed by atoms with E-state index < -0.39 is 0 Å². The first-order chi connectivity index (χ1) is 13.0. The molecule has 0 aliphatic carbocycles. The Morgan fingerprint density at radius 2 is 2.00 bits per heavy atom. The summed E-state index contributed by atoms with van der Waals surface area (Å²) >= 11 is 0. The van der Waals surface area contributed by atoms with Gasteiger partial charge in [0.2, 0.25) is 0 Å². The number of aromatic amines is 1. The van der Waals surface area contributed by atoms with Gasteiger partial charge in [-0.1, -0.05) is 18.2 Å². The predicted octanol–water partition coefficient (Wildman–Crippen LogP) is 3.86. The predicted molar refractivity (Wildman–Crippen MR) is 104 cm³/mol. The van der Waals surface area contributed by atoms with E-state index >= 15 is 0 Å². The number of anilines is 1. The molecule has 0 aliphatic heterocycles. The third-order valence-electron chi connectivity index (χ3n) is 4.53. The summed E-state index contributed by atoms with van der Waals surface area (Å²) < 4.78 is 5.89. The highest BCUT2D eigenvalue weighted by Crippen LogP contribution is 2.29. The molecule has 0 unspecified atom stereocenters. The highest BCUT2D eigenvalue weighted by molar-refractivity contribution is 5.92. The average Bonchev–Trinajstić information content (AvgIpc) is 2.99. The number of benzene rings is 2. The molecular weight excluding hydrogens is 344 g/mol. The van der Waals surface area contributed by atoms with Crippen LogP contribution in [0.15, 0.2) is 58.0 Å². The summed E-state index contributed by atoms with van der Waals surface area (Å²) in [5, 5.41) is 7.05. The summed E-state index contributed by atoms with van der Waals surface area (Å²) in [7, 11) is 0. The Balaban J connectivity index is 1.52. The Kier molecular flexibility index (Phi) is 4.12. The minimum atomic E-state index is -0.387. The quantitative estimate of drug-likeness (QED) is 0.515. The standard InChI is InChI=1S/C20H18N4O3/c1-11-14-5-3-4-6-17(14)27-18(11)12(2)23-20(26)24-13-7-8-16-15(9-13)19(25)22-10-21-16/h3-10,12H,1-2H3,(H,21,22,25)(H2,23,24,26)/t12-/m0/s1. The molecule has 0 radical (unpaired) electrons. The first-order valence-corrected chi connectivity index (χ1v) is 8.56. The van der Waals surface area contributed by atoms with Gasteiger partial charge in [0.1, 0.15) is 11.3 Å². The SMILES string of the molecule is Cc1c([C@H](C)NC(=O)Nc2ccc3[nH]cnc(=O)c3c2)oc2ccccc12. The molecule has 4 rings (SSSR count). The molecule has 1 atom stereocenters. The van der Waals surface area contributed by atoms with Crippen molar-refractivity contribution in [2.75, 3.05) is 5.32 Å². The van der Waals surface area contributed by atoms with E-state index in [1.807, 2.05) is 38.1 Å². The van der Waals surface area contributed by atoms with Gasteiger partial charge in [0.05, 0.1) is 23.3 Å². The van der Waals surface area contributed by atoms with Crippen LogP contribution in [0.4, 0.5) is 10.5 Å². The molecule has 4 aromatic rings. The number of carbonyl (C=O) groups is 1. The maximum Gasteiger partial charge on any atom is 0.319 e. The molecule has 136 valence electrons. The maximum atomic E-state index is 12.4. The van der Waals surface area contributed by atoms with Crippen molar-refractivity contribution in [2.24, 2.45) is 0 Å². The van der Waals surface area contributed by atoms with Gasteiger partial charge in [-0.3, -0.25) is 4.79 Å². The second-order valence-corrected chi connectivity index (χ2v) is 6.38. The van der Waals surface area contributed by atoms with Crippen molar-refractivity contribution in [1.29, 1.82) is 0 Å². The first-order valence-electron chi connectivity index (χ1n) is 8.56. The average molecular weight is 362 g/mol. The van der Waals surface area contributed by atoms with Crippen LogP contribution >= 0.6 is 0 Å². The van der Waals surface area contributed by atoms with Gasteiger partial charge in [-0.2, -0.15) is 4.98 Å². The van der Waals surface area contributed by atoms with Crippen molar-refractivity contribution in [3.63, 3.8) is 0 Å². The van der Waals surface area contributed by atoms with Crippen molar-refractivity contribution in [2.45, 2.75) is 19.9 Å². The van der Waals surface area contributed by atoms with Crippen LogP contribution in [-0.2, 0) is 0 Å². The summed E-state index contributed by atoms with van der Waals surface area (Å²) in [5.41, 5.74) is 2.61. The summed E-state index contributed by atoms with van der Waals surface area (Å²) in [6.45, 7) is 3.83. The molecule has 2 aromatic carbocycles. The van der Waals surface area contributed by atoms with Crippen molar-refractivity contribution in [1.82, 2.24) is 15.3 Å². The molecule has 7 heteroatoms. The van der Waals surface area contributed by atoms with Crippen LogP contribution in [0, 0.1) is 6.92 Å². The molecule has 3 N–H and O–H groups in total. The Morgan fingerprint density at radius 1 is 1.19 bits per heavy atom. The van der Waals surface area contributed by atoms with Gasteiger partial charge >= 0.3 is 6.03 Å². The van der Waals surface area contributed by atoms with Gasteiger partial charge in [-0.15, -0.1) is 0 Å². The van der Waals surface area contributed by atoms with E-state index in [2.05, 4.69) is 20.6 Å². The number of urea groups is 1. The molecule has 0 fully saturated rings. The second kappa shape index (κ2) is 6.60. The topological polar surface area (TPSA) is 100 Å². The van der Waals surface area contributed by atoms with Gasteiger partial charge in [-0.25, -0.2) is 4.79 Å². The number of rotatable bonds is 3. The van der Waals surface area contributed by atoms with E-state index in [4.69, 9.17) is 4.42 Å². The minimum absolute atomic E-state index is 0.317. The fourth-order valence-electron chi connectivity index (χ4n) is 3.19. The summed E-state index contributed by atoms with van der Waals surface area (Å²) in [6, 6.07) is 12.1. The number of fused-ring (bicyclic) bond motifs is 2. The van der Waals surface area contributed by atoms with Crippen molar-refractivity contribution >= 4 is 33.6 Å². The van der Waals surface area contributed by atoms with Crippen molar-refractivity contribution in [3.05, 3.63) is 70.5 Å². The van der Waals surface area contributed by atoms with Crippen molar-refractivity contribution in [3.8, 4) is 0 Å². The van der Waals surface area contributed by atoms with E-state index in [1.54, 1.807) is 18.2 Å². The number of nitrogens with zero attached hydrogens (tertiary/aromatic N) is 1. The van der Waals surface area contributed by atoms with E-state index in [0.717, 1.165) is 16.5 Å². The van der Waals surface area contributed by atoms with Crippen LogP contribution in [0.1, 0.15) is 24.3 Å². The number of nitrogens with one attached hydrogen (secondary N) is 3. The number of aromatic nitrogens is 2. The normalized spacial score (nSPS) is 12.2. The Labute approximate surface area is 154 Å². The third kappa shape index (κ3) is 3.15. The fraction of sp³-hybridized carbons (Fsp3) is 0.150. The van der Waals surface area contributed by atoms with Crippen molar-refractivity contribution < 1.29 is 9.21 Å². The lowest BCUT2D eigenvalue weighted by Gasteiger charge is -2.14. The van der Waals surface area contributed by atoms with Crippen LogP contribution < -0.4 is 16.2 Å². The molecule has 2 amide bonds. The molecule has 0 saturated carbocycles.